The Bertz CT molecular complexity index is 444. The van der Waals surface area contributed by atoms with Crippen LogP contribution >= 0.6 is 24.8 Å². The number of hydrogen-bond acceptors (Lipinski definition) is 2. The predicted octanol–water partition coefficient (Wildman–Crippen LogP) is 4.09. The molecular formula is C16H29Cl2F3N2O. The average molecular weight is 393 g/mol. The fraction of sp³-hybridized carbons (Fsp3) is 0.625. The molecule has 4 N–H and O–H groups in total. The number of rotatable bonds is 7. The first-order chi connectivity index (χ1) is 9.79. The molecule has 144 valence electrons. The van der Waals surface area contributed by atoms with E-state index in [2.05, 4.69) is 18.7 Å². The van der Waals surface area contributed by atoms with E-state index in [9.17, 15) is 13.2 Å². The summed E-state index contributed by atoms with van der Waals surface area (Å²) in [6, 6.07) is 4.97. The van der Waals surface area contributed by atoms with E-state index < -0.39 is 11.7 Å². The summed E-state index contributed by atoms with van der Waals surface area (Å²) in [5.41, 5.74) is 6.05. The number of alkyl halides is 3. The molecule has 3 nitrogen and oxygen atoms in total. The predicted molar refractivity (Wildman–Crippen MR) is 98.1 cm³/mol. The van der Waals surface area contributed by atoms with Crippen LogP contribution in [-0.4, -0.2) is 30.0 Å². The SMILES string of the molecule is CCN(CC)CCC(C)C(N)c1cccc(C(F)(F)F)c1.Cl.Cl.O. The van der Waals surface area contributed by atoms with E-state index in [0.717, 1.165) is 32.1 Å². The fourth-order valence-corrected chi connectivity index (χ4v) is 2.36. The summed E-state index contributed by atoms with van der Waals surface area (Å²) in [5.74, 6) is 0.133. The largest absolute Gasteiger partial charge is 0.416 e. The molecule has 0 aliphatic carbocycles. The van der Waals surface area contributed by atoms with Crippen molar-refractivity contribution in [2.75, 3.05) is 19.6 Å². The van der Waals surface area contributed by atoms with E-state index in [4.69, 9.17) is 5.73 Å². The Balaban J connectivity index is -0.00000147. The number of nitrogens with zero attached hydrogens (tertiary/aromatic N) is 1. The van der Waals surface area contributed by atoms with Gasteiger partial charge in [-0.1, -0.05) is 32.9 Å². The van der Waals surface area contributed by atoms with Crippen molar-refractivity contribution < 1.29 is 18.6 Å². The highest BCUT2D eigenvalue weighted by Crippen LogP contribution is 2.32. The summed E-state index contributed by atoms with van der Waals surface area (Å²) in [6.45, 7) is 9.06. The first kappa shape index (κ1) is 28.3. The number of halogens is 5. The molecule has 0 spiro atoms. The Labute approximate surface area is 154 Å². The minimum Gasteiger partial charge on any atom is -0.412 e. The van der Waals surface area contributed by atoms with E-state index in [1.165, 1.54) is 12.1 Å². The van der Waals surface area contributed by atoms with E-state index in [1.54, 1.807) is 6.07 Å². The van der Waals surface area contributed by atoms with Crippen molar-refractivity contribution >= 4 is 24.8 Å². The van der Waals surface area contributed by atoms with Gasteiger partial charge in [0.15, 0.2) is 0 Å². The normalized spacial score (nSPS) is 13.3. The van der Waals surface area contributed by atoms with Crippen LogP contribution in [0.15, 0.2) is 24.3 Å². The molecule has 0 aliphatic heterocycles. The zero-order chi connectivity index (χ0) is 16.0. The van der Waals surface area contributed by atoms with Gasteiger partial charge in [0.1, 0.15) is 0 Å². The van der Waals surface area contributed by atoms with Gasteiger partial charge in [-0.25, -0.2) is 0 Å². The van der Waals surface area contributed by atoms with Crippen LogP contribution in [0.3, 0.4) is 0 Å². The molecule has 0 aliphatic rings. The van der Waals surface area contributed by atoms with Gasteiger partial charge in [0, 0.05) is 6.04 Å². The van der Waals surface area contributed by atoms with Gasteiger partial charge in [0.05, 0.1) is 5.56 Å². The quantitative estimate of drug-likeness (QED) is 0.759. The number of hydrogen-bond donors (Lipinski definition) is 1. The van der Waals surface area contributed by atoms with Crippen LogP contribution < -0.4 is 5.73 Å². The molecule has 24 heavy (non-hydrogen) atoms. The highest BCUT2D eigenvalue weighted by atomic mass is 35.5. The van der Waals surface area contributed by atoms with Crippen LogP contribution in [0, 0.1) is 5.92 Å². The summed E-state index contributed by atoms with van der Waals surface area (Å²) < 4.78 is 38.2. The molecule has 2 atom stereocenters. The summed E-state index contributed by atoms with van der Waals surface area (Å²) >= 11 is 0. The minimum atomic E-state index is -4.32. The lowest BCUT2D eigenvalue weighted by Crippen LogP contribution is -2.28. The molecule has 2 unspecified atom stereocenters. The molecule has 1 aromatic rings. The van der Waals surface area contributed by atoms with Crippen LogP contribution in [0.5, 0.6) is 0 Å². The van der Waals surface area contributed by atoms with Crippen molar-refractivity contribution in [3.05, 3.63) is 35.4 Å². The lowest BCUT2D eigenvalue weighted by molar-refractivity contribution is -0.137. The highest BCUT2D eigenvalue weighted by molar-refractivity contribution is 5.85. The van der Waals surface area contributed by atoms with E-state index >= 15 is 0 Å². The molecule has 0 saturated heterocycles. The van der Waals surface area contributed by atoms with E-state index in [0.29, 0.717) is 5.56 Å². The van der Waals surface area contributed by atoms with Gasteiger partial charge in [0.2, 0.25) is 0 Å². The first-order valence-corrected chi connectivity index (χ1v) is 7.44. The summed E-state index contributed by atoms with van der Waals surface area (Å²) in [4.78, 5) is 2.29. The van der Waals surface area contributed by atoms with Gasteiger partial charge >= 0.3 is 6.18 Å². The van der Waals surface area contributed by atoms with Crippen molar-refractivity contribution in [3.8, 4) is 0 Å². The number of benzene rings is 1. The third-order valence-corrected chi connectivity index (χ3v) is 4.01. The second-order valence-corrected chi connectivity index (χ2v) is 5.44. The van der Waals surface area contributed by atoms with Gasteiger partial charge in [0.25, 0.3) is 0 Å². The van der Waals surface area contributed by atoms with Gasteiger partial charge in [-0.05, 0) is 49.7 Å². The van der Waals surface area contributed by atoms with Crippen LogP contribution in [0.2, 0.25) is 0 Å². The zero-order valence-corrected chi connectivity index (χ0v) is 15.9. The standard InChI is InChI=1S/C16H25F3N2.2ClH.H2O/c1-4-21(5-2)10-9-12(3)15(20)13-7-6-8-14(11-13)16(17,18)19;;;/h6-8,11-12,15H,4-5,9-10,20H2,1-3H3;2*1H;1H2. The van der Waals surface area contributed by atoms with Gasteiger partial charge < -0.3 is 16.1 Å². The molecule has 0 heterocycles. The Morgan fingerprint density at radius 2 is 1.67 bits per heavy atom. The van der Waals surface area contributed by atoms with Crippen LogP contribution in [0.1, 0.15) is 44.4 Å². The Morgan fingerprint density at radius 3 is 2.12 bits per heavy atom. The van der Waals surface area contributed by atoms with E-state index in [1.807, 2.05) is 6.92 Å². The molecule has 1 rings (SSSR count). The molecule has 0 bridgehead atoms. The maximum Gasteiger partial charge on any atom is 0.416 e. The lowest BCUT2D eigenvalue weighted by atomic mass is 9.91. The Kier molecular flexibility index (Phi) is 15.1. The maximum absolute atomic E-state index is 12.7. The van der Waals surface area contributed by atoms with Gasteiger partial charge in [-0.3, -0.25) is 0 Å². The van der Waals surface area contributed by atoms with Gasteiger partial charge in [-0.15, -0.1) is 24.8 Å². The molecule has 1 aromatic carbocycles. The fourth-order valence-electron chi connectivity index (χ4n) is 2.36. The van der Waals surface area contributed by atoms with Crippen LogP contribution in [0.4, 0.5) is 13.2 Å². The van der Waals surface area contributed by atoms with Crippen LogP contribution in [-0.2, 0) is 6.18 Å². The summed E-state index contributed by atoms with van der Waals surface area (Å²) in [6.07, 6.45) is -3.45. The smallest absolute Gasteiger partial charge is 0.412 e. The second kappa shape index (κ2) is 12.8. The topological polar surface area (TPSA) is 60.8 Å². The Morgan fingerprint density at radius 1 is 1.12 bits per heavy atom. The Hall–Kier alpha value is -0.530. The van der Waals surface area contributed by atoms with E-state index in [-0.39, 0.29) is 42.3 Å². The highest BCUT2D eigenvalue weighted by Gasteiger charge is 2.31. The first-order valence-electron chi connectivity index (χ1n) is 7.44. The molecule has 0 saturated carbocycles. The third kappa shape index (κ3) is 8.53. The van der Waals surface area contributed by atoms with Crippen molar-refractivity contribution in [2.24, 2.45) is 11.7 Å². The van der Waals surface area contributed by atoms with Crippen molar-refractivity contribution in [3.63, 3.8) is 0 Å². The average Bonchev–Trinajstić information content (AvgIpc) is 2.46. The molecule has 0 fully saturated rings. The van der Waals surface area contributed by atoms with Gasteiger partial charge in [-0.2, -0.15) is 13.2 Å². The second-order valence-electron chi connectivity index (χ2n) is 5.44. The zero-order valence-electron chi connectivity index (χ0n) is 14.3. The van der Waals surface area contributed by atoms with Crippen molar-refractivity contribution in [2.45, 2.75) is 39.4 Å². The lowest BCUT2D eigenvalue weighted by Gasteiger charge is -2.25. The summed E-state index contributed by atoms with van der Waals surface area (Å²) in [5, 5.41) is 0. The summed E-state index contributed by atoms with van der Waals surface area (Å²) in [7, 11) is 0. The minimum absolute atomic E-state index is 0. The molecule has 8 heteroatoms. The molecule has 0 aromatic heterocycles. The van der Waals surface area contributed by atoms with Crippen molar-refractivity contribution in [1.29, 1.82) is 0 Å². The molecule has 0 amide bonds. The van der Waals surface area contributed by atoms with Crippen LogP contribution in [0.25, 0.3) is 0 Å². The third-order valence-electron chi connectivity index (χ3n) is 4.01. The molecular weight excluding hydrogens is 364 g/mol. The van der Waals surface area contributed by atoms with Crippen molar-refractivity contribution in [1.82, 2.24) is 4.90 Å². The molecule has 0 radical (unpaired) electrons. The maximum atomic E-state index is 12.7. The number of nitrogens with two attached hydrogens (primary N) is 1. The monoisotopic (exact) mass is 392 g/mol.